The maximum atomic E-state index is 13.2. The Bertz CT molecular complexity index is 777. The van der Waals surface area contributed by atoms with Gasteiger partial charge in [-0.05, 0) is 12.1 Å². The molecule has 0 bridgehead atoms. The van der Waals surface area contributed by atoms with Crippen molar-refractivity contribution in [2.75, 3.05) is 12.3 Å². The molecule has 0 saturated carbocycles. The minimum absolute atomic E-state index is 0.151. The molecule has 1 aromatic heterocycles. The molecular formula is C13H11F5N4O2S. The van der Waals surface area contributed by atoms with Gasteiger partial charge in [0, 0.05) is 0 Å². The van der Waals surface area contributed by atoms with E-state index < -0.39 is 37.0 Å². The molecule has 3 amide bonds. The summed E-state index contributed by atoms with van der Waals surface area (Å²) in [5.41, 5.74) is 0.469. The number of fused-ring (bicyclic) bond motifs is 1. The van der Waals surface area contributed by atoms with Gasteiger partial charge >= 0.3 is 18.8 Å². The standard InChI is InChI=1S/C13H11F5N4O2S/c14-10(15)22-8-4-2-1-3-7(8)20-12(22)25-5-9(23)21-11(24)19-6-13(16,17)18/h1-4,10H,5-6H2,(H2,19,21,23,24). The zero-order chi connectivity index (χ0) is 18.6. The number of amides is 3. The van der Waals surface area contributed by atoms with Crippen molar-refractivity contribution in [1.29, 1.82) is 0 Å². The molecule has 136 valence electrons. The molecule has 0 aliphatic rings. The molecule has 2 aromatic rings. The average molecular weight is 382 g/mol. The summed E-state index contributed by atoms with van der Waals surface area (Å²) < 4.78 is 62.8. The fraction of sp³-hybridized carbons (Fsp3) is 0.308. The van der Waals surface area contributed by atoms with Crippen LogP contribution in [0.2, 0.25) is 0 Å². The Morgan fingerprint density at radius 2 is 1.92 bits per heavy atom. The molecule has 0 saturated heterocycles. The first-order chi connectivity index (χ1) is 11.7. The van der Waals surface area contributed by atoms with Crippen molar-refractivity contribution in [3.8, 4) is 0 Å². The van der Waals surface area contributed by atoms with Crippen molar-refractivity contribution in [3.63, 3.8) is 0 Å². The molecule has 1 aromatic carbocycles. The van der Waals surface area contributed by atoms with Gasteiger partial charge in [-0.3, -0.25) is 14.7 Å². The summed E-state index contributed by atoms with van der Waals surface area (Å²) in [6.07, 6.45) is -4.61. The van der Waals surface area contributed by atoms with Crippen LogP contribution < -0.4 is 10.6 Å². The summed E-state index contributed by atoms with van der Waals surface area (Å²) in [6.45, 7) is -4.49. The predicted molar refractivity (Wildman–Crippen MR) is 79.3 cm³/mol. The second kappa shape index (κ2) is 7.68. The van der Waals surface area contributed by atoms with Crippen LogP contribution >= 0.6 is 11.8 Å². The van der Waals surface area contributed by atoms with Gasteiger partial charge in [-0.2, -0.15) is 22.0 Å². The number of imidazole rings is 1. The van der Waals surface area contributed by atoms with E-state index in [2.05, 4.69) is 4.98 Å². The number of nitrogens with one attached hydrogen (secondary N) is 2. The second-order valence-corrected chi connectivity index (χ2v) is 5.61. The number of rotatable bonds is 5. The number of para-hydroxylation sites is 2. The van der Waals surface area contributed by atoms with Gasteiger partial charge < -0.3 is 5.32 Å². The number of benzene rings is 1. The van der Waals surface area contributed by atoms with Crippen molar-refractivity contribution in [3.05, 3.63) is 24.3 Å². The number of hydrogen-bond acceptors (Lipinski definition) is 4. The number of aromatic nitrogens is 2. The van der Waals surface area contributed by atoms with Crippen LogP contribution in [0.25, 0.3) is 11.0 Å². The number of imide groups is 1. The Morgan fingerprint density at radius 1 is 1.24 bits per heavy atom. The molecule has 6 nitrogen and oxygen atoms in total. The van der Waals surface area contributed by atoms with E-state index in [-0.39, 0.29) is 10.7 Å². The maximum Gasteiger partial charge on any atom is 0.405 e. The van der Waals surface area contributed by atoms with E-state index in [9.17, 15) is 31.5 Å². The van der Waals surface area contributed by atoms with Crippen LogP contribution in [0.5, 0.6) is 0 Å². The van der Waals surface area contributed by atoms with Crippen molar-refractivity contribution in [2.24, 2.45) is 0 Å². The van der Waals surface area contributed by atoms with Crippen LogP contribution in [0.1, 0.15) is 6.55 Å². The van der Waals surface area contributed by atoms with Crippen LogP contribution in [0, 0.1) is 0 Å². The van der Waals surface area contributed by atoms with Crippen LogP contribution in [0.4, 0.5) is 26.7 Å². The highest BCUT2D eigenvalue weighted by molar-refractivity contribution is 7.99. The monoisotopic (exact) mass is 382 g/mol. The summed E-state index contributed by atoms with van der Waals surface area (Å²) in [5, 5.41) is 2.98. The molecule has 0 fully saturated rings. The Kier molecular flexibility index (Phi) is 5.82. The average Bonchev–Trinajstić information content (AvgIpc) is 2.89. The first-order valence-corrected chi connectivity index (χ1v) is 7.68. The van der Waals surface area contributed by atoms with Crippen molar-refractivity contribution < 1.29 is 31.5 Å². The molecule has 2 rings (SSSR count). The van der Waals surface area contributed by atoms with E-state index in [1.54, 1.807) is 17.4 Å². The summed E-state index contributed by atoms with van der Waals surface area (Å²) in [6, 6.07) is 4.78. The Hall–Kier alpha value is -2.37. The number of nitrogens with zero attached hydrogens (tertiary/aromatic N) is 2. The molecule has 2 N–H and O–H groups in total. The molecule has 12 heteroatoms. The topological polar surface area (TPSA) is 76.0 Å². The lowest BCUT2D eigenvalue weighted by Gasteiger charge is -2.09. The summed E-state index contributed by atoms with van der Waals surface area (Å²) >= 11 is 0.632. The smallest absolute Gasteiger partial charge is 0.329 e. The zero-order valence-corrected chi connectivity index (χ0v) is 13.1. The van der Waals surface area contributed by atoms with Gasteiger partial charge in [-0.15, -0.1) is 0 Å². The summed E-state index contributed by atoms with van der Waals surface area (Å²) in [7, 11) is 0. The molecule has 0 radical (unpaired) electrons. The first-order valence-electron chi connectivity index (χ1n) is 6.70. The molecule has 0 spiro atoms. The van der Waals surface area contributed by atoms with Gasteiger partial charge in [0.2, 0.25) is 5.91 Å². The highest BCUT2D eigenvalue weighted by atomic mass is 32.2. The highest BCUT2D eigenvalue weighted by Crippen LogP contribution is 2.28. The molecule has 0 atom stereocenters. The second-order valence-electron chi connectivity index (χ2n) is 4.67. The van der Waals surface area contributed by atoms with Crippen molar-refractivity contribution >= 4 is 34.7 Å². The number of urea groups is 1. The van der Waals surface area contributed by atoms with E-state index in [0.717, 1.165) is 0 Å². The maximum absolute atomic E-state index is 13.2. The minimum Gasteiger partial charge on any atom is -0.329 e. The van der Waals surface area contributed by atoms with E-state index in [4.69, 9.17) is 0 Å². The Labute approximate surface area is 141 Å². The van der Waals surface area contributed by atoms with Gasteiger partial charge in [0.1, 0.15) is 6.54 Å². The molecule has 0 unspecified atom stereocenters. The lowest BCUT2D eigenvalue weighted by molar-refractivity contribution is -0.124. The quantitative estimate of drug-likeness (QED) is 0.616. The van der Waals surface area contributed by atoms with Gasteiger partial charge in [0.15, 0.2) is 5.16 Å². The molecule has 0 aliphatic heterocycles. The number of halogens is 5. The van der Waals surface area contributed by atoms with Crippen LogP contribution in [0.3, 0.4) is 0 Å². The molecule has 1 heterocycles. The van der Waals surface area contributed by atoms with Gasteiger partial charge in [0.05, 0.1) is 16.8 Å². The largest absolute Gasteiger partial charge is 0.405 e. The number of thioether (sulfide) groups is 1. The minimum atomic E-state index is -4.61. The van der Waals surface area contributed by atoms with Crippen LogP contribution in [-0.2, 0) is 4.79 Å². The van der Waals surface area contributed by atoms with Crippen molar-refractivity contribution in [1.82, 2.24) is 20.2 Å². The zero-order valence-electron chi connectivity index (χ0n) is 12.3. The third-order valence-electron chi connectivity index (χ3n) is 2.79. The van der Waals surface area contributed by atoms with Crippen molar-refractivity contribution in [2.45, 2.75) is 17.9 Å². The van der Waals surface area contributed by atoms with E-state index in [0.29, 0.717) is 21.8 Å². The third-order valence-corrected chi connectivity index (χ3v) is 3.75. The fourth-order valence-corrected chi connectivity index (χ4v) is 2.64. The van der Waals surface area contributed by atoms with Crippen LogP contribution in [-0.4, -0.2) is 40.0 Å². The van der Waals surface area contributed by atoms with Crippen LogP contribution in [0.15, 0.2) is 29.4 Å². The van der Waals surface area contributed by atoms with Gasteiger partial charge in [-0.1, -0.05) is 23.9 Å². The van der Waals surface area contributed by atoms with Gasteiger partial charge in [0.25, 0.3) is 0 Å². The Balaban J connectivity index is 1.97. The lowest BCUT2D eigenvalue weighted by atomic mass is 10.3. The fourth-order valence-electron chi connectivity index (χ4n) is 1.83. The molecular weight excluding hydrogens is 371 g/mol. The third kappa shape index (κ3) is 5.31. The van der Waals surface area contributed by atoms with E-state index in [1.165, 1.54) is 17.4 Å². The summed E-state index contributed by atoms with van der Waals surface area (Å²) in [4.78, 5) is 26.7. The number of alkyl halides is 5. The summed E-state index contributed by atoms with van der Waals surface area (Å²) in [5.74, 6) is -1.42. The van der Waals surface area contributed by atoms with E-state index in [1.807, 2.05) is 0 Å². The number of hydrogen-bond donors (Lipinski definition) is 2. The molecule has 0 aliphatic carbocycles. The van der Waals surface area contributed by atoms with Gasteiger partial charge in [-0.25, -0.2) is 9.78 Å². The SMILES string of the molecule is O=C(CSc1nc2ccccc2n1C(F)F)NC(=O)NCC(F)(F)F. The number of carbonyl (C=O) groups excluding carboxylic acids is 2. The highest BCUT2D eigenvalue weighted by Gasteiger charge is 2.28. The first kappa shape index (κ1) is 19.0. The Morgan fingerprint density at radius 3 is 2.56 bits per heavy atom. The number of carbonyl (C=O) groups is 2. The normalized spacial score (nSPS) is 11.8. The lowest BCUT2D eigenvalue weighted by Crippen LogP contribution is -2.43. The molecule has 25 heavy (non-hydrogen) atoms. The predicted octanol–water partition coefficient (Wildman–Crippen LogP) is 2.91. The van der Waals surface area contributed by atoms with E-state index >= 15 is 0 Å².